The molecule has 0 radical (unpaired) electrons. The molecule has 0 atom stereocenters. The SMILES string of the molecule is CCCOc1ccc(Br)cc1CN(CC)c1ccc(CCCCC(=O)O)nn1. The molecular weight excluding hydrogens is 422 g/mol. The average Bonchev–Trinajstić information content (AvgIpc) is 2.69. The van der Waals surface area contributed by atoms with Gasteiger partial charge >= 0.3 is 5.97 Å². The van der Waals surface area contributed by atoms with Crippen LogP contribution in [0.4, 0.5) is 5.82 Å². The fourth-order valence-corrected chi connectivity index (χ4v) is 3.23. The molecule has 28 heavy (non-hydrogen) atoms. The molecule has 0 fully saturated rings. The van der Waals surface area contributed by atoms with E-state index in [4.69, 9.17) is 9.84 Å². The van der Waals surface area contributed by atoms with Crippen molar-refractivity contribution in [2.75, 3.05) is 18.1 Å². The number of aromatic nitrogens is 2. The molecule has 0 bridgehead atoms. The van der Waals surface area contributed by atoms with Gasteiger partial charge in [-0.2, -0.15) is 5.10 Å². The third kappa shape index (κ3) is 7.11. The monoisotopic (exact) mass is 449 g/mol. The summed E-state index contributed by atoms with van der Waals surface area (Å²) in [6.45, 7) is 6.35. The second-order valence-electron chi connectivity index (χ2n) is 6.60. The van der Waals surface area contributed by atoms with Crippen LogP contribution in [0.5, 0.6) is 5.75 Å². The van der Waals surface area contributed by atoms with Gasteiger partial charge in [0.15, 0.2) is 5.82 Å². The normalized spacial score (nSPS) is 10.7. The van der Waals surface area contributed by atoms with E-state index >= 15 is 0 Å². The molecule has 0 aliphatic heterocycles. The highest BCUT2D eigenvalue weighted by molar-refractivity contribution is 9.10. The van der Waals surface area contributed by atoms with Gasteiger partial charge in [-0.3, -0.25) is 4.79 Å². The van der Waals surface area contributed by atoms with Gasteiger partial charge in [0, 0.05) is 29.5 Å². The van der Waals surface area contributed by atoms with Gasteiger partial charge in [-0.25, -0.2) is 0 Å². The van der Waals surface area contributed by atoms with Crippen LogP contribution in [-0.4, -0.2) is 34.4 Å². The Morgan fingerprint density at radius 1 is 1.18 bits per heavy atom. The van der Waals surface area contributed by atoms with Gasteiger partial charge < -0.3 is 14.7 Å². The van der Waals surface area contributed by atoms with Crippen molar-refractivity contribution in [3.8, 4) is 5.75 Å². The number of aliphatic carboxylic acids is 1. The van der Waals surface area contributed by atoms with E-state index in [1.165, 1.54) is 0 Å². The molecule has 152 valence electrons. The molecular formula is C21H28BrN3O3. The van der Waals surface area contributed by atoms with Gasteiger partial charge in [0.05, 0.1) is 12.3 Å². The van der Waals surface area contributed by atoms with Crippen molar-refractivity contribution in [3.05, 3.63) is 46.1 Å². The highest BCUT2D eigenvalue weighted by Crippen LogP contribution is 2.26. The second kappa shape index (κ2) is 11.6. The molecule has 0 aliphatic carbocycles. The van der Waals surface area contributed by atoms with E-state index in [0.717, 1.165) is 53.1 Å². The van der Waals surface area contributed by atoms with E-state index in [2.05, 4.69) is 50.9 Å². The van der Waals surface area contributed by atoms with Crippen LogP contribution >= 0.6 is 15.9 Å². The first-order valence-corrected chi connectivity index (χ1v) is 10.5. The molecule has 2 rings (SSSR count). The Bertz CT molecular complexity index is 753. The number of rotatable bonds is 12. The number of nitrogens with zero attached hydrogens (tertiary/aromatic N) is 3. The van der Waals surface area contributed by atoms with Crippen molar-refractivity contribution < 1.29 is 14.6 Å². The first-order valence-electron chi connectivity index (χ1n) is 9.74. The van der Waals surface area contributed by atoms with Gasteiger partial charge in [0.25, 0.3) is 0 Å². The van der Waals surface area contributed by atoms with Crippen LogP contribution in [0.2, 0.25) is 0 Å². The highest BCUT2D eigenvalue weighted by Gasteiger charge is 2.12. The van der Waals surface area contributed by atoms with Gasteiger partial charge in [-0.1, -0.05) is 22.9 Å². The molecule has 0 spiro atoms. The average molecular weight is 450 g/mol. The minimum absolute atomic E-state index is 0.199. The molecule has 0 amide bonds. The summed E-state index contributed by atoms with van der Waals surface area (Å²) in [6, 6.07) is 10.0. The van der Waals surface area contributed by atoms with Crippen molar-refractivity contribution in [1.29, 1.82) is 0 Å². The smallest absolute Gasteiger partial charge is 0.303 e. The molecule has 1 aromatic heterocycles. The molecule has 0 aliphatic rings. The van der Waals surface area contributed by atoms with Crippen LogP contribution in [0.25, 0.3) is 0 Å². The number of aryl methyl sites for hydroxylation is 1. The minimum atomic E-state index is -0.755. The van der Waals surface area contributed by atoms with Gasteiger partial charge in [-0.15, -0.1) is 5.10 Å². The number of ether oxygens (including phenoxy) is 1. The summed E-state index contributed by atoms with van der Waals surface area (Å²) in [5.41, 5.74) is 1.99. The first kappa shape index (κ1) is 22.1. The van der Waals surface area contributed by atoms with Crippen LogP contribution in [0.3, 0.4) is 0 Å². The summed E-state index contributed by atoms with van der Waals surface area (Å²) >= 11 is 3.54. The highest BCUT2D eigenvalue weighted by atomic mass is 79.9. The van der Waals surface area contributed by atoms with E-state index in [-0.39, 0.29) is 6.42 Å². The van der Waals surface area contributed by atoms with Crippen LogP contribution in [-0.2, 0) is 17.8 Å². The topological polar surface area (TPSA) is 75.5 Å². The maximum atomic E-state index is 10.6. The number of hydrogen-bond donors (Lipinski definition) is 1. The third-order valence-corrected chi connectivity index (χ3v) is 4.82. The zero-order valence-electron chi connectivity index (χ0n) is 16.5. The Morgan fingerprint density at radius 3 is 2.64 bits per heavy atom. The Hall–Kier alpha value is -2.15. The number of unbranched alkanes of at least 4 members (excludes halogenated alkanes) is 1. The van der Waals surface area contributed by atoms with Gasteiger partial charge in [-0.05, 0) is 62.9 Å². The number of anilines is 1. The van der Waals surface area contributed by atoms with E-state index in [0.29, 0.717) is 19.6 Å². The van der Waals surface area contributed by atoms with E-state index in [1.807, 2.05) is 24.3 Å². The van der Waals surface area contributed by atoms with Crippen LogP contribution < -0.4 is 9.64 Å². The van der Waals surface area contributed by atoms with Crippen LogP contribution in [0, 0.1) is 0 Å². The number of carboxylic acid groups (broad SMARTS) is 1. The van der Waals surface area contributed by atoms with Crippen molar-refractivity contribution in [3.63, 3.8) is 0 Å². The molecule has 0 unspecified atom stereocenters. The maximum absolute atomic E-state index is 10.6. The van der Waals surface area contributed by atoms with Crippen LogP contribution in [0.1, 0.15) is 50.8 Å². The standard InChI is InChI=1S/C21H28BrN3O3/c1-3-13-28-19-11-9-17(22)14-16(19)15-25(4-2)20-12-10-18(23-24-20)7-5-6-8-21(26)27/h9-12,14H,3-8,13,15H2,1-2H3,(H,26,27). The predicted molar refractivity (Wildman–Crippen MR) is 114 cm³/mol. The molecule has 1 heterocycles. The van der Waals surface area contributed by atoms with Crippen molar-refractivity contribution in [2.45, 2.75) is 52.5 Å². The summed E-state index contributed by atoms with van der Waals surface area (Å²) in [4.78, 5) is 12.7. The lowest BCUT2D eigenvalue weighted by Gasteiger charge is -2.23. The molecule has 1 aromatic carbocycles. The Morgan fingerprint density at radius 2 is 2.00 bits per heavy atom. The third-order valence-electron chi connectivity index (χ3n) is 4.33. The minimum Gasteiger partial charge on any atom is -0.493 e. The number of halogens is 1. The number of carbonyl (C=O) groups is 1. The summed E-state index contributed by atoms with van der Waals surface area (Å²) in [7, 11) is 0. The summed E-state index contributed by atoms with van der Waals surface area (Å²) in [6.07, 6.45) is 3.36. The summed E-state index contributed by atoms with van der Waals surface area (Å²) in [5, 5.41) is 17.4. The fraction of sp³-hybridized carbons (Fsp3) is 0.476. The maximum Gasteiger partial charge on any atom is 0.303 e. The van der Waals surface area contributed by atoms with Gasteiger partial charge in [0.2, 0.25) is 0 Å². The lowest BCUT2D eigenvalue weighted by molar-refractivity contribution is -0.137. The lowest BCUT2D eigenvalue weighted by atomic mass is 10.1. The summed E-state index contributed by atoms with van der Waals surface area (Å²) in [5.74, 6) is 0.958. The Kier molecular flexibility index (Phi) is 9.20. The van der Waals surface area contributed by atoms with Crippen molar-refractivity contribution >= 4 is 27.7 Å². The predicted octanol–water partition coefficient (Wildman–Crippen LogP) is 4.85. The Labute approximate surface area is 175 Å². The number of benzene rings is 1. The van der Waals surface area contributed by atoms with Gasteiger partial charge in [0.1, 0.15) is 5.75 Å². The van der Waals surface area contributed by atoms with Crippen molar-refractivity contribution in [1.82, 2.24) is 10.2 Å². The van der Waals surface area contributed by atoms with E-state index in [1.54, 1.807) is 0 Å². The molecule has 1 N–H and O–H groups in total. The van der Waals surface area contributed by atoms with E-state index in [9.17, 15) is 4.79 Å². The number of carboxylic acids is 1. The summed E-state index contributed by atoms with van der Waals surface area (Å²) < 4.78 is 6.91. The van der Waals surface area contributed by atoms with Crippen molar-refractivity contribution in [2.24, 2.45) is 0 Å². The molecule has 7 heteroatoms. The Balaban J connectivity index is 2.03. The number of hydrogen-bond acceptors (Lipinski definition) is 5. The second-order valence-corrected chi connectivity index (χ2v) is 7.51. The largest absolute Gasteiger partial charge is 0.493 e. The lowest BCUT2D eigenvalue weighted by Crippen LogP contribution is -2.24. The first-order chi connectivity index (χ1) is 13.5. The molecule has 0 saturated carbocycles. The van der Waals surface area contributed by atoms with Crippen LogP contribution in [0.15, 0.2) is 34.8 Å². The quantitative estimate of drug-likeness (QED) is 0.466. The zero-order chi connectivity index (χ0) is 20.4. The zero-order valence-corrected chi connectivity index (χ0v) is 18.1. The fourth-order valence-electron chi connectivity index (χ4n) is 2.82. The molecule has 0 saturated heterocycles. The van der Waals surface area contributed by atoms with E-state index < -0.39 is 5.97 Å². The molecule has 6 nitrogen and oxygen atoms in total. The molecule has 2 aromatic rings.